The van der Waals surface area contributed by atoms with Crippen molar-refractivity contribution in [3.63, 3.8) is 0 Å². The maximum absolute atomic E-state index is 13.3. The molecule has 0 saturated heterocycles. The number of rotatable bonds is 3. The molecule has 0 aromatic heterocycles. The molecule has 20 heavy (non-hydrogen) atoms. The second-order valence-corrected chi connectivity index (χ2v) is 3.92. The zero-order valence-corrected chi connectivity index (χ0v) is 9.78. The van der Waals surface area contributed by atoms with Crippen LogP contribution in [0.4, 0.5) is 32.0 Å². The highest BCUT2D eigenvalue weighted by Crippen LogP contribution is 2.27. The lowest BCUT2D eigenvalue weighted by Crippen LogP contribution is -2.09. The van der Waals surface area contributed by atoms with Crippen LogP contribution in [0.1, 0.15) is 5.56 Å². The highest BCUT2D eigenvalue weighted by molar-refractivity contribution is 5.48. The molecule has 0 aliphatic heterocycles. The van der Waals surface area contributed by atoms with E-state index in [4.69, 9.17) is 0 Å². The summed E-state index contributed by atoms with van der Waals surface area (Å²) in [4.78, 5) is 0. The van der Waals surface area contributed by atoms with Crippen LogP contribution in [0.15, 0.2) is 24.3 Å². The standard InChI is InChI=1S/C13H7F6N/c14-7-3-1-6(2-4-7)5-20-13-11(18)9(16)8(15)10(17)12(13)19/h1-4,20H,5H2. The second-order valence-electron chi connectivity index (χ2n) is 3.92. The van der Waals surface area contributed by atoms with Crippen molar-refractivity contribution in [2.75, 3.05) is 5.32 Å². The normalized spacial score (nSPS) is 10.7. The molecule has 0 saturated carbocycles. The monoisotopic (exact) mass is 291 g/mol. The molecular formula is C13H7F6N. The molecule has 1 N–H and O–H groups in total. The van der Waals surface area contributed by atoms with E-state index in [-0.39, 0.29) is 6.54 Å². The van der Waals surface area contributed by atoms with Crippen LogP contribution < -0.4 is 5.32 Å². The van der Waals surface area contributed by atoms with Gasteiger partial charge >= 0.3 is 0 Å². The number of halogens is 6. The minimum absolute atomic E-state index is 0.224. The van der Waals surface area contributed by atoms with Gasteiger partial charge < -0.3 is 5.32 Å². The molecule has 2 aromatic rings. The quantitative estimate of drug-likeness (QED) is 0.509. The Balaban J connectivity index is 2.28. The van der Waals surface area contributed by atoms with Crippen molar-refractivity contribution in [2.45, 2.75) is 6.54 Å². The average molecular weight is 291 g/mol. The molecule has 0 aliphatic rings. The summed E-state index contributed by atoms with van der Waals surface area (Å²) in [5.41, 5.74) is -0.707. The van der Waals surface area contributed by atoms with Crippen LogP contribution in [0.3, 0.4) is 0 Å². The summed E-state index contributed by atoms with van der Waals surface area (Å²) >= 11 is 0. The van der Waals surface area contributed by atoms with Crippen molar-refractivity contribution in [1.82, 2.24) is 0 Å². The summed E-state index contributed by atoms with van der Waals surface area (Å²) in [5, 5.41) is 2.11. The third kappa shape index (κ3) is 2.56. The Morgan fingerprint density at radius 2 is 1.10 bits per heavy atom. The fourth-order valence-electron chi connectivity index (χ4n) is 1.55. The summed E-state index contributed by atoms with van der Waals surface area (Å²) in [7, 11) is 0. The smallest absolute Gasteiger partial charge is 0.200 e. The first-order chi connectivity index (χ1) is 9.41. The molecule has 0 heterocycles. The van der Waals surface area contributed by atoms with Crippen molar-refractivity contribution in [3.05, 3.63) is 64.7 Å². The van der Waals surface area contributed by atoms with Gasteiger partial charge in [-0.3, -0.25) is 0 Å². The molecule has 0 amide bonds. The van der Waals surface area contributed by atoms with E-state index in [1.807, 2.05) is 0 Å². The predicted molar refractivity (Wildman–Crippen MR) is 60.0 cm³/mol. The molecule has 0 radical (unpaired) electrons. The van der Waals surface area contributed by atoms with Crippen LogP contribution >= 0.6 is 0 Å². The van der Waals surface area contributed by atoms with E-state index in [0.29, 0.717) is 5.56 Å². The fraction of sp³-hybridized carbons (Fsp3) is 0.0769. The molecule has 106 valence electrons. The van der Waals surface area contributed by atoms with Gasteiger partial charge in [0.25, 0.3) is 0 Å². The van der Waals surface area contributed by atoms with Crippen LogP contribution in [-0.4, -0.2) is 0 Å². The van der Waals surface area contributed by atoms with E-state index in [0.717, 1.165) is 12.1 Å². The highest BCUT2D eigenvalue weighted by Gasteiger charge is 2.25. The molecule has 0 aliphatic carbocycles. The summed E-state index contributed by atoms with van der Waals surface area (Å²) < 4.78 is 78.0. The molecular weight excluding hydrogens is 284 g/mol. The lowest BCUT2D eigenvalue weighted by molar-refractivity contribution is 0.381. The Bertz CT molecular complexity index is 609. The average Bonchev–Trinajstić information content (AvgIpc) is 2.45. The predicted octanol–water partition coefficient (Wildman–Crippen LogP) is 4.13. The number of anilines is 1. The lowest BCUT2D eigenvalue weighted by atomic mass is 10.2. The summed E-state index contributed by atoms with van der Waals surface area (Å²) in [6.45, 7) is -0.224. The summed E-state index contributed by atoms with van der Waals surface area (Å²) in [6.07, 6.45) is 0. The highest BCUT2D eigenvalue weighted by atomic mass is 19.2. The third-order valence-electron chi connectivity index (χ3n) is 2.59. The minimum atomic E-state index is -2.22. The van der Waals surface area contributed by atoms with Crippen LogP contribution in [0.2, 0.25) is 0 Å². The molecule has 0 unspecified atom stereocenters. The van der Waals surface area contributed by atoms with Gasteiger partial charge in [-0.25, -0.2) is 26.3 Å². The topological polar surface area (TPSA) is 12.0 Å². The molecule has 0 fully saturated rings. The molecule has 2 rings (SSSR count). The Hall–Kier alpha value is -2.18. The van der Waals surface area contributed by atoms with Gasteiger partial charge in [-0.2, -0.15) is 0 Å². The zero-order valence-electron chi connectivity index (χ0n) is 9.78. The summed E-state index contributed by atoms with van der Waals surface area (Å²) in [5.74, 6) is -10.7. The van der Waals surface area contributed by atoms with E-state index in [1.54, 1.807) is 0 Å². The van der Waals surface area contributed by atoms with E-state index >= 15 is 0 Å². The first-order valence-electron chi connectivity index (χ1n) is 5.41. The molecule has 1 nitrogen and oxygen atoms in total. The van der Waals surface area contributed by atoms with Gasteiger partial charge in [0.2, 0.25) is 5.82 Å². The third-order valence-corrected chi connectivity index (χ3v) is 2.59. The van der Waals surface area contributed by atoms with E-state index in [9.17, 15) is 26.3 Å². The number of benzene rings is 2. The molecule has 7 heteroatoms. The van der Waals surface area contributed by atoms with Crippen LogP contribution in [-0.2, 0) is 6.54 Å². The zero-order chi connectivity index (χ0) is 14.9. The molecule has 2 aromatic carbocycles. The van der Waals surface area contributed by atoms with Crippen molar-refractivity contribution < 1.29 is 26.3 Å². The van der Waals surface area contributed by atoms with Crippen molar-refractivity contribution in [3.8, 4) is 0 Å². The van der Waals surface area contributed by atoms with Crippen molar-refractivity contribution in [2.24, 2.45) is 0 Å². The van der Waals surface area contributed by atoms with Gasteiger partial charge in [-0.05, 0) is 17.7 Å². The van der Waals surface area contributed by atoms with Gasteiger partial charge in [0, 0.05) is 6.54 Å². The maximum atomic E-state index is 13.3. The molecule has 0 bridgehead atoms. The minimum Gasteiger partial charge on any atom is -0.376 e. The first kappa shape index (κ1) is 14.2. The maximum Gasteiger partial charge on any atom is 0.200 e. The SMILES string of the molecule is Fc1ccc(CNc2c(F)c(F)c(F)c(F)c2F)cc1. The van der Waals surface area contributed by atoms with Gasteiger partial charge in [0.05, 0.1) is 0 Å². The van der Waals surface area contributed by atoms with E-state index in [1.165, 1.54) is 12.1 Å². The fourth-order valence-corrected chi connectivity index (χ4v) is 1.55. The number of hydrogen-bond donors (Lipinski definition) is 1. The van der Waals surface area contributed by atoms with E-state index < -0.39 is 40.6 Å². The Labute approximate surface area is 109 Å². The number of hydrogen-bond acceptors (Lipinski definition) is 1. The van der Waals surface area contributed by atoms with Crippen molar-refractivity contribution in [1.29, 1.82) is 0 Å². The van der Waals surface area contributed by atoms with E-state index in [2.05, 4.69) is 5.32 Å². The van der Waals surface area contributed by atoms with Crippen LogP contribution in [0, 0.1) is 34.9 Å². The van der Waals surface area contributed by atoms with Gasteiger partial charge in [-0.1, -0.05) is 12.1 Å². The lowest BCUT2D eigenvalue weighted by Gasteiger charge is -2.10. The Kier molecular flexibility index (Phi) is 3.87. The summed E-state index contributed by atoms with van der Waals surface area (Å²) in [6, 6.07) is 4.84. The van der Waals surface area contributed by atoms with Gasteiger partial charge in [0.1, 0.15) is 11.5 Å². The second kappa shape index (κ2) is 5.44. The van der Waals surface area contributed by atoms with Gasteiger partial charge in [0.15, 0.2) is 23.3 Å². The largest absolute Gasteiger partial charge is 0.376 e. The van der Waals surface area contributed by atoms with Crippen molar-refractivity contribution >= 4 is 5.69 Å². The first-order valence-corrected chi connectivity index (χ1v) is 5.41. The van der Waals surface area contributed by atoms with Crippen LogP contribution in [0.5, 0.6) is 0 Å². The van der Waals surface area contributed by atoms with Crippen LogP contribution in [0.25, 0.3) is 0 Å². The Morgan fingerprint density at radius 1 is 0.650 bits per heavy atom. The van der Waals surface area contributed by atoms with Gasteiger partial charge in [-0.15, -0.1) is 0 Å². The number of nitrogens with one attached hydrogen (secondary N) is 1. The molecule has 0 spiro atoms. The Morgan fingerprint density at radius 3 is 1.60 bits per heavy atom. The molecule has 0 atom stereocenters.